The molecule has 0 radical (unpaired) electrons. The van der Waals surface area contributed by atoms with Crippen LogP contribution in [0.15, 0.2) is 66.8 Å². The highest BCUT2D eigenvalue weighted by atomic mass is 16.5. The molecule has 1 rings (SSSR count). The van der Waals surface area contributed by atoms with Crippen molar-refractivity contribution in [3.63, 3.8) is 0 Å². The standard InChI is InChI=1S/C46H79NO/c1-5-7-9-11-13-15-17-19-21-23-24-26-28-30-32-34-36-38-45-40-39-44(43-47(3)4)42-46(45)48-41-37-35-33-31-29-27-25-22-20-18-16-14-12-10-8-6-2/h13-16,19-22,39-40,42H,5-12,17-18,23-38,41,43H2,1-4H3/b15-13-,16-14-,21-19-,22-20-. The van der Waals surface area contributed by atoms with E-state index in [-0.39, 0.29) is 0 Å². The Balaban J connectivity index is 2.15. The minimum Gasteiger partial charge on any atom is -0.493 e. The average Bonchev–Trinajstić information content (AvgIpc) is 3.08. The second-order valence-corrected chi connectivity index (χ2v) is 14.3. The highest BCUT2D eigenvalue weighted by Crippen LogP contribution is 2.24. The molecule has 0 saturated heterocycles. The van der Waals surface area contributed by atoms with Crippen LogP contribution in [0.5, 0.6) is 5.75 Å². The van der Waals surface area contributed by atoms with Crippen molar-refractivity contribution < 1.29 is 4.74 Å². The van der Waals surface area contributed by atoms with Crippen LogP contribution in [-0.2, 0) is 13.0 Å². The fraction of sp³-hybridized carbons (Fsp3) is 0.696. The molecule has 0 bridgehead atoms. The number of rotatable bonds is 34. The maximum absolute atomic E-state index is 6.42. The first-order valence-corrected chi connectivity index (χ1v) is 20.7. The van der Waals surface area contributed by atoms with Gasteiger partial charge in [-0.15, -0.1) is 0 Å². The van der Waals surface area contributed by atoms with Crippen LogP contribution in [-0.4, -0.2) is 25.6 Å². The molecule has 0 fully saturated rings. The number of aryl methyl sites for hydroxylation is 1. The molecule has 0 aliphatic rings. The summed E-state index contributed by atoms with van der Waals surface area (Å²) in [5.74, 6) is 1.14. The van der Waals surface area contributed by atoms with E-state index in [4.69, 9.17) is 4.74 Å². The monoisotopic (exact) mass is 662 g/mol. The van der Waals surface area contributed by atoms with Crippen LogP contribution in [0.25, 0.3) is 0 Å². The molecule has 0 N–H and O–H groups in total. The van der Waals surface area contributed by atoms with Crippen LogP contribution in [0.4, 0.5) is 0 Å². The van der Waals surface area contributed by atoms with E-state index < -0.39 is 0 Å². The molecule has 0 unspecified atom stereocenters. The Kier molecular flexibility index (Phi) is 31.9. The smallest absolute Gasteiger partial charge is 0.122 e. The summed E-state index contributed by atoms with van der Waals surface area (Å²) in [5.41, 5.74) is 2.75. The van der Waals surface area contributed by atoms with Gasteiger partial charge in [-0.25, -0.2) is 0 Å². The van der Waals surface area contributed by atoms with Gasteiger partial charge in [-0.3, -0.25) is 0 Å². The molecule has 274 valence electrons. The summed E-state index contributed by atoms with van der Waals surface area (Å²) >= 11 is 0. The first kappa shape index (κ1) is 44.0. The Morgan fingerprint density at radius 3 is 1.42 bits per heavy atom. The molecular weight excluding hydrogens is 583 g/mol. The molecule has 1 aromatic rings. The van der Waals surface area contributed by atoms with Crippen molar-refractivity contribution in [2.75, 3.05) is 20.7 Å². The summed E-state index contributed by atoms with van der Waals surface area (Å²) in [6, 6.07) is 6.95. The Morgan fingerprint density at radius 2 is 0.938 bits per heavy atom. The number of ether oxygens (including phenoxy) is 1. The molecule has 0 aliphatic carbocycles. The summed E-state index contributed by atoms with van der Waals surface area (Å²) in [4.78, 5) is 2.24. The minimum atomic E-state index is 0.845. The van der Waals surface area contributed by atoms with E-state index in [1.165, 1.54) is 152 Å². The van der Waals surface area contributed by atoms with Crippen LogP contribution in [0.1, 0.15) is 185 Å². The van der Waals surface area contributed by atoms with Crippen molar-refractivity contribution in [3.05, 3.63) is 77.9 Å². The quantitative estimate of drug-likeness (QED) is 0.0538. The molecule has 48 heavy (non-hydrogen) atoms. The predicted octanol–water partition coefficient (Wildman–Crippen LogP) is 14.7. The fourth-order valence-electron chi connectivity index (χ4n) is 6.16. The van der Waals surface area contributed by atoms with Gasteiger partial charge in [0.05, 0.1) is 6.61 Å². The van der Waals surface area contributed by atoms with Crippen molar-refractivity contribution in [1.82, 2.24) is 4.90 Å². The fourth-order valence-corrected chi connectivity index (χ4v) is 6.16. The van der Waals surface area contributed by atoms with Crippen LogP contribution >= 0.6 is 0 Å². The SMILES string of the molecule is CCCCC/C=C\C/C=C\CCCCCCCCCc1ccc(CN(C)C)cc1OCCCCCCCC/C=C\C/C=C\CCCCC. The average molecular weight is 662 g/mol. The summed E-state index contributed by atoms with van der Waals surface area (Å²) in [6.45, 7) is 6.35. The molecule has 0 spiro atoms. The number of nitrogens with zero attached hydrogens (tertiary/aromatic N) is 1. The minimum absolute atomic E-state index is 0.845. The molecule has 0 atom stereocenters. The molecule has 2 nitrogen and oxygen atoms in total. The topological polar surface area (TPSA) is 12.5 Å². The Morgan fingerprint density at radius 1 is 0.500 bits per heavy atom. The molecule has 1 aromatic carbocycles. The van der Waals surface area contributed by atoms with Gasteiger partial charge in [0.25, 0.3) is 0 Å². The van der Waals surface area contributed by atoms with E-state index in [9.17, 15) is 0 Å². The highest BCUT2D eigenvalue weighted by Gasteiger charge is 2.07. The third-order valence-electron chi connectivity index (χ3n) is 9.13. The zero-order valence-corrected chi connectivity index (χ0v) is 32.5. The third-order valence-corrected chi connectivity index (χ3v) is 9.13. The van der Waals surface area contributed by atoms with Crippen molar-refractivity contribution in [2.45, 2.75) is 187 Å². The van der Waals surface area contributed by atoms with Crippen LogP contribution in [0, 0.1) is 0 Å². The third kappa shape index (κ3) is 28.9. The Bertz CT molecular complexity index is 939. The predicted molar refractivity (Wildman–Crippen MR) is 216 cm³/mol. The van der Waals surface area contributed by atoms with Gasteiger partial charge >= 0.3 is 0 Å². The van der Waals surface area contributed by atoms with Gasteiger partial charge in [-0.1, -0.05) is 158 Å². The van der Waals surface area contributed by atoms with Gasteiger partial charge in [0.1, 0.15) is 5.75 Å². The maximum atomic E-state index is 6.42. The van der Waals surface area contributed by atoms with E-state index in [0.717, 1.165) is 44.6 Å². The zero-order chi connectivity index (χ0) is 34.6. The van der Waals surface area contributed by atoms with Gasteiger partial charge in [-0.2, -0.15) is 0 Å². The molecule has 0 aromatic heterocycles. The second-order valence-electron chi connectivity index (χ2n) is 14.3. The van der Waals surface area contributed by atoms with Crippen LogP contribution in [0.3, 0.4) is 0 Å². The van der Waals surface area contributed by atoms with Gasteiger partial charge in [0, 0.05) is 6.54 Å². The van der Waals surface area contributed by atoms with Crippen molar-refractivity contribution in [1.29, 1.82) is 0 Å². The lowest BCUT2D eigenvalue weighted by Gasteiger charge is -2.16. The summed E-state index contributed by atoms with van der Waals surface area (Å²) in [7, 11) is 4.29. The van der Waals surface area contributed by atoms with Gasteiger partial charge < -0.3 is 9.64 Å². The van der Waals surface area contributed by atoms with Gasteiger partial charge in [-0.05, 0) is 115 Å². The summed E-state index contributed by atoms with van der Waals surface area (Å²) in [6.07, 6.45) is 52.4. The van der Waals surface area contributed by atoms with E-state index in [1.807, 2.05) is 0 Å². The molecular formula is C46H79NO. The molecule has 0 saturated carbocycles. The van der Waals surface area contributed by atoms with Gasteiger partial charge in [0.15, 0.2) is 0 Å². The van der Waals surface area contributed by atoms with Crippen molar-refractivity contribution in [2.24, 2.45) is 0 Å². The lowest BCUT2D eigenvalue weighted by Crippen LogP contribution is -2.11. The van der Waals surface area contributed by atoms with E-state index in [2.05, 4.69) is 99.6 Å². The number of hydrogen-bond acceptors (Lipinski definition) is 2. The first-order valence-electron chi connectivity index (χ1n) is 20.7. The summed E-state index contributed by atoms with van der Waals surface area (Å²) in [5, 5.41) is 0. The number of hydrogen-bond donors (Lipinski definition) is 0. The lowest BCUT2D eigenvalue weighted by molar-refractivity contribution is 0.300. The normalized spacial score (nSPS) is 12.3. The Hall–Kier alpha value is -2.06. The zero-order valence-electron chi connectivity index (χ0n) is 32.5. The van der Waals surface area contributed by atoms with E-state index in [0.29, 0.717) is 0 Å². The van der Waals surface area contributed by atoms with Crippen LogP contribution in [0.2, 0.25) is 0 Å². The number of unbranched alkanes of at least 4 members (excludes halogenated alkanes) is 19. The molecule has 0 heterocycles. The highest BCUT2D eigenvalue weighted by molar-refractivity contribution is 5.37. The molecule has 0 amide bonds. The number of benzene rings is 1. The maximum Gasteiger partial charge on any atom is 0.122 e. The first-order chi connectivity index (χ1) is 23.7. The molecule has 0 aliphatic heterocycles. The second kappa shape index (κ2) is 34.8. The number of allylic oxidation sites excluding steroid dienone is 8. The summed E-state index contributed by atoms with van der Waals surface area (Å²) < 4.78 is 6.42. The van der Waals surface area contributed by atoms with Gasteiger partial charge in [0.2, 0.25) is 0 Å². The van der Waals surface area contributed by atoms with Crippen LogP contribution < -0.4 is 4.74 Å². The van der Waals surface area contributed by atoms with Crippen molar-refractivity contribution in [3.8, 4) is 5.75 Å². The van der Waals surface area contributed by atoms with E-state index in [1.54, 1.807) is 0 Å². The lowest BCUT2D eigenvalue weighted by atomic mass is 10.0. The van der Waals surface area contributed by atoms with Crippen molar-refractivity contribution >= 4 is 0 Å². The molecule has 2 heteroatoms. The Labute approximate surface area is 300 Å². The largest absolute Gasteiger partial charge is 0.493 e. The van der Waals surface area contributed by atoms with E-state index >= 15 is 0 Å².